The Labute approximate surface area is 123 Å². The molecule has 1 aliphatic carbocycles. The molecule has 1 N–H and O–H groups in total. The molecule has 0 aromatic heterocycles. The highest BCUT2D eigenvalue weighted by Gasteiger charge is 2.22. The summed E-state index contributed by atoms with van der Waals surface area (Å²) < 4.78 is 5.98. The van der Waals surface area contributed by atoms with Gasteiger partial charge < -0.3 is 10.1 Å². The summed E-state index contributed by atoms with van der Waals surface area (Å²) >= 11 is 0. The van der Waals surface area contributed by atoms with E-state index in [0.29, 0.717) is 6.04 Å². The third-order valence-corrected chi connectivity index (χ3v) is 3.92. The molecule has 0 spiro atoms. The molecule has 0 aliphatic heterocycles. The Morgan fingerprint density at radius 3 is 3.15 bits per heavy atom. The average molecular weight is 273 g/mol. The zero-order valence-corrected chi connectivity index (χ0v) is 12.7. The normalized spacial score (nSPS) is 17.6. The fraction of sp³-hybridized carbons (Fsp3) is 0.556. The first-order valence-electron chi connectivity index (χ1n) is 7.95. The smallest absolute Gasteiger partial charge is 0.122 e. The van der Waals surface area contributed by atoms with Crippen LogP contribution >= 0.6 is 0 Å². The highest BCUT2D eigenvalue weighted by atomic mass is 16.5. The van der Waals surface area contributed by atoms with E-state index in [2.05, 4.69) is 37.0 Å². The fourth-order valence-corrected chi connectivity index (χ4v) is 2.89. The standard InChI is InChI=1S/C18H27NO/c1-3-5-6-14-20-18-12-8-9-15-16(18)10-7-11-17(15)19-13-4-2/h3,8-9,12,17,19H,1,4-7,10-11,13-14H2,2H3. The number of ether oxygens (including phenoxy) is 1. The summed E-state index contributed by atoms with van der Waals surface area (Å²) in [7, 11) is 0. The summed E-state index contributed by atoms with van der Waals surface area (Å²) in [6, 6.07) is 7.02. The van der Waals surface area contributed by atoms with E-state index < -0.39 is 0 Å². The molecule has 1 atom stereocenters. The molecule has 0 saturated carbocycles. The van der Waals surface area contributed by atoms with Gasteiger partial charge in [0.15, 0.2) is 0 Å². The molecular weight excluding hydrogens is 246 g/mol. The number of benzene rings is 1. The van der Waals surface area contributed by atoms with Crippen molar-refractivity contribution in [3.8, 4) is 5.75 Å². The topological polar surface area (TPSA) is 21.3 Å². The van der Waals surface area contributed by atoms with E-state index in [0.717, 1.165) is 38.2 Å². The van der Waals surface area contributed by atoms with Gasteiger partial charge in [0.2, 0.25) is 0 Å². The molecule has 110 valence electrons. The molecule has 20 heavy (non-hydrogen) atoms. The van der Waals surface area contributed by atoms with E-state index in [-0.39, 0.29) is 0 Å². The monoisotopic (exact) mass is 273 g/mol. The van der Waals surface area contributed by atoms with Crippen LogP contribution in [0.25, 0.3) is 0 Å². The number of allylic oxidation sites excluding steroid dienone is 1. The zero-order valence-electron chi connectivity index (χ0n) is 12.7. The molecule has 2 rings (SSSR count). The van der Waals surface area contributed by atoms with Crippen LogP contribution in [-0.2, 0) is 6.42 Å². The van der Waals surface area contributed by atoms with Crippen molar-refractivity contribution in [2.75, 3.05) is 13.2 Å². The van der Waals surface area contributed by atoms with Crippen molar-refractivity contribution in [3.63, 3.8) is 0 Å². The van der Waals surface area contributed by atoms with Crippen LogP contribution in [0.15, 0.2) is 30.9 Å². The summed E-state index contributed by atoms with van der Waals surface area (Å²) in [5.41, 5.74) is 2.87. The lowest BCUT2D eigenvalue weighted by atomic mass is 9.87. The molecular formula is C18H27NO. The van der Waals surface area contributed by atoms with Gasteiger partial charge >= 0.3 is 0 Å². The average Bonchev–Trinajstić information content (AvgIpc) is 2.49. The Bertz CT molecular complexity index is 427. The zero-order chi connectivity index (χ0) is 14.2. The SMILES string of the molecule is C=CCCCOc1cccc2c1CCCC2NCCC. The summed E-state index contributed by atoms with van der Waals surface area (Å²) in [4.78, 5) is 0. The van der Waals surface area contributed by atoms with E-state index in [1.807, 2.05) is 6.08 Å². The van der Waals surface area contributed by atoms with Crippen LogP contribution in [0.5, 0.6) is 5.75 Å². The lowest BCUT2D eigenvalue weighted by Crippen LogP contribution is -2.26. The van der Waals surface area contributed by atoms with Gasteiger partial charge in [-0.2, -0.15) is 0 Å². The molecule has 1 unspecified atom stereocenters. The molecule has 2 heteroatoms. The molecule has 1 aliphatic rings. The third kappa shape index (κ3) is 3.86. The Balaban J connectivity index is 2.05. The van der Waals surface area contributed by atoms with Gasteiger partial charge in [0.25, 0.3) is 0 Å². The number of fused-ring (bicyclic) bond motifs is 1. The molecule has 0 saturated heterocycles. The van der Waals surface area contributed by atoms with Crippen LogP contribution < -0.4 is 10.1 Å². The Morgan fingerprint density at radius 1 is 1.45 bits per heavy atom. The first-order chi connectivity index (χ1) is 9.86. The van der Waals surface area contributed by atoms with Crippen molar-refractivity contribution in [2.24, 2.45) is 0 Å². The van der Waals surface area contributed by atoms with Gasteiger partial charge in [-0.05, 0) is 62.3 Å². The summed E-state index contributed by atoms with van der Waals surface area (Å²) in [5.74, 6) is 1.09. The summed E-state index contributed by atoms with van der Waals surface area (Å²) in [6.07, 6.45) is 8.85. The highest BCUT2D eigenvalue weighted by molar-refractivity contribution is 5.43. The second-order valence-electron chi connectivity index (χ2n) is 5.50. The Morgan fingerprint density at radius 2 is 2.35 bits per heavy atom. The quantitative estimate of drug-likeness (QED) is 0.559. The van der Waals surface area contributed by atoms with Crippen LogP contribution in [0.4, 0.5) is 0 Å². The molecule has 1 aromatic rings. The van der Waals surface area contributed by atoms with Crippen molar-refractivity contribution in [1.82, 2.24) is 5.32 Å². The lowest BCUT2D eigenvalue weighted by Gasteiger charge is -2.28. The molecule has 0 heterocycles. The minimum absolute atomic E-state index is 0.510. The van der Waals surface area contributed by atoms with E-state index in [1.165, 1.54) is 30.4 Å². The first-order valence-corrected chi connectivity index (χ1v) is 7.95. The molecule has 0 bridgehead atoms. The van der Waals surface area contributed by atoms with Crippen LogP contribution in [0.1, 0.15) is 56.2 Å². The maximum absolute atomic E-state index is 5.98. The maximum Gasteiger partial charge on any atom is 0.122 e. The minimum Gasteiger partial charge on any atom is -0.493 e. The van der Waals surface area contributed by atoms with Gasteiger partial charge in [-0.3, -0.25) is 0 Å². The van der Waals surface area contributed by atoms with Gasteiger partial charge in [-0.25, -0.2) is 0 Å². The fourth-order valence-electron chi connectivity index (χ4n) is 2.89. The van der Waals surface area contributed by atoms with Gasteiger partial charge in [0.1, 0.15) is 5.75 Å². The van der Waals surface area contributed by atoms with Gasteiger partial charge in [0, 0.05) is 6.04 Å². The van der Waals surface area contributed by atoms with E-state index in [1.54, 1.807) is 0 Å². The van der Waals surface area contributed by atoms with Crippen LogP contribution in [0, 0.1) is 0 Å². The van der Waals surface area contributed by atoms with Crippen molar-refractivity contribution in [1.29, 1.82) is 0 Å². The lowest BCUT2D eigenvalue weighted by molar-refractivity contribution is 0.305. The minimum atomic E-state index is 0.510. The number of hydrogen-bond acceptors (Lipinski definition) is 2. The summed E-state index contributed by atoms with van der Waals surface area (Å²) in [6.45, 7) is 7.85. The van der Waals surface area contributed by atoms with Gasteiger partial charge in [-0.15, -0.1) is 6.58 Å². The van der Waals surface area contributed by atoms with Crippen molar-refractivity contribution in [3.05, 3.63) is 42.0 Å². The largest absolute Gasteiger partial charge is 0.493 e. The van der Waals surface area contributed by atoms with Crippen molar-refractivity contribution < 1.29 is 4.74 Å². The Kier molecular flexibility index (Phi) is 6.13. The van der Waals surface area contributed by atoms with Crippen LogP contribution in [0.3, 0.4) is 0 Å². The number of unbranched alkanes of at least 4 members (excludes halogenated alkanes) is 1. The second kappa shape index (κ2) is 8.11. The van der Waals surface area contributed by atoms with E-state index in [4.69, 9.17) is 4.74 Å². The van der Waals surface area contributed by atoms with Crippen LogP contribution in [0.2, 0.25) is 0 Å². The van der Waals surface area contributed by atoms with Gasteiger partial charge in [0.05, 0.1) is 6.61 Å². The number of hydrogen-bond donors (Lipinski definition) is 1. The van der Waals surface area contributed by atoms with E-state index >= 15 is 0 Å². The Hall–Kier alpha value is -1.28. The van der Waals surface area contributed by atoms with Crippen molar-refractivity contribution in [2.45, 2.75) is 51.5 Å². The number of nitrogens with one attached hydrogen (secondary N) is 1. The summed E-state index contributed by atoms with van der Waals surface area (Å²) in [5, 5.41) is 3.66. The van der Waals surface area contributed by atoms with Crippen molar-refractivity contribution >= 4 is 0 Å². The van der Waals surface area contributed by atoms with Gasteiger partial charge in [-0.1, -0.05) is 25.1 Å². The van der Waals surface area contributed by atoms with E-state index in [9.17, 15) is 0 Å². The highest BCUT2D eigenvalue weighted by Crippen LogP contribution is 2.35. The molecule has 2 nitrogen and oxygen atoms in total. The molecule has 0 amide bonds. The number of rotatable bonds is 8. The van der Waals surface area contributed by atoms with Crippen LogP contribution in [-0.4, -0.2) is 13.2 Å². The third-order valence-electron chi connectivity index (χ3n) is 3.92. The predicted molar refractivity (Wildman–Crippen MR) is 85.3 cm³/mol. The molecule has 1 aromatic carbocycles. The first kappa shape index (κ1) is 15.1. The molecule has 0 fully saturated rings. The maximum atomic E-state index is 5.98. The molecule has 0 radical (unpaired) electrons. The second-order valence-corrected chi connectivity index (χ2v) is 5.50. The predicted octanol–water partition coefficient (Wildman–Crippen LogP) is 4.41.